The van der Waals surface area contributed by atoms with E-state index < -0.39 is 24.4 Å². The summed E-state index contributed by atoms with van der Waals surface area (Å²) in [6.07, 6.45) is 5.28. The second-order valence-electron chi connectivity index (χ2n) is 9.14. The molecular formula is C26H33N5O4. The van der Waals surface area contributed by atoms with Crippen LogP contribution in [0.15, 0.2) is 48.7 Å². The molecule has 3 N–H and O–H groups in total. The second-order valence-corrected chi connectivity index (χ2v) is 9.14. The van der Waals surface area contributed by atoms with Crippen molar-refractivity contribution in [3.8, 4) is 0 Å². The van der Waals surface area contributed by atoms with Crippen molar-refractivity contribution < 1.29 is 19.1 Å². The predicted octanol–water partition coefficient (Wildman–Crippen LogP) is 3.22. The van der Waals surface area contributed by atoms with Crippen molar-refractivity contribution in [1.82, 2.24) is 15.6 Å². The molecule has 0 spiro atoms. The Morgan fingerprint density at radius 3 is 2.51 bits per heavy atom. The number of nitrogens with zero attached hydrogens (tertiary/aromatic N) is 2. The summed E-state index contributed by atoms with van der Waals surface area (Å²) >= 11 is 0. The topological polar surface area (TPSA) is 113 Å². The monoisotopic (exact) mass is 479 g/mol. The zero-order valence-corrected chi connectivity index (χ0v) is 20.2. The van der Waals surface area contributed by atoms with Crippen LogP contribution in [0.5, 0.6) is 0 Å². The van der Waals surface area contributed by atoms with E-state index in [9.17, 15) is 14.4 Å². The molecule has 1 aromatic carbocycles. The van der Waals surface area contributed by atoms with Gasteiger partial charge in [-0.05, 0) is 50.9 Å². The number of hydrogen-bond donors (Lipinski definition) is 3. The molecule has 0 saturated heterocycles. The smallest absolute Gasteiger partial charge is 0.413 e. The molecule has 2 aromatic rings. The fourth-order valence-electron chi connectivity index (χ4n) is 4.76. The minimum Gasteiger partial charge on any atom is -0.424 e. The Kier molecular flexibility index (Phi) is 7.97. The van der Waals surface area contributed by atoms with E-state index in [1.165, 1.54) is 4.90 Å². The Labute approximate surface area is 205 Å². The fourth-order valence-corrected chi connectivity index (χ4v) is 4.76. The standard InChI is InChI=1S/C26H33N5O4/c1-17(27-2)24(32)30-22(18-10-5-3-6-11-18)25(33)31-21(16-19-12-9-15-28-23(19)31)35-26(34)29-20-13-7-4-8-14-20/h4,7-9,12-15,17-18,21-22,27H,3,5-6,10-11,16H2,1-2H3,(H,29,34)(H,30,32)/t17-,21+,22-/m0/s1. The Balaban J connectivity index is 1.58. The molecule has 3 atom stereocenters. The Bertz CT molecular complexity index is 1040. The van der Waals surface area contributed by atoms with Crippen LogP contribution >= 0.6 is 0 Å². The number of nitrogens with one attached hydrogen (secondary N) is 3. The lowest BCUT2D eigenvalue weighted by Crippen LogP contribution is -2.57. The van der Waals surface area contributed by atoms with Crippen molar-refractivity contribution in [3.63, 3.8) is 0 Å². The number of para-hydroxylation sites is 1. The Hall–Kier alpha value is -3.46. The van der Waals surface area contributed by atoms with E-state index in [-0.39, 0.29) is 17.7 Å². The van der Waals surface area contributed by atoms with Crippen LogP contribution in [0.3, 0.4) is 0 Å². The molecule has 9 heteroatoms. The lowest BCUT2D eigenvalue weighted by molar-refractivity contribution is -0.131. The molecule has 2 heterocycles. The number of hydrogen-bond acceptors (Lipinski definition) is 6. The van der Waals surface area contributed by atoms with Gasteiger partial charge < -0.3 is 15.4 Å². The molecule has 9 nitrogen and oxygen atoms in total. The van der Waals surface area contributed by atoms with Crippen LogP contribution in [-0.4, -0.2) is 48.3 Å². The predicted molar refractivity (Wildman–Crippen MR) is 133 cm³/mol. The lowest BCUT2D eigenvalue weighted by atomic mass is 9.83. The minimum absolute atomic E-state index is 0.0100. The fraction of sp³-hybridized carbons (Fsp3) is 0.462. The third kappa shape index (κ3) is 5.79. The molecule has 1 aliphatic carbocycles. The zero-order valence-electron chi connectivity index (χ0n) is 20.2. The van der Waals surface area contributed by atoms with E-state index in [4.69, 9.17) is 4.74 Å². The van der Waals surface area contributed by atoms with Gasteiger partial charge >= 0.3 is 6.09 Å². The maximum Gasteiger partial charge on any atom is 0.413 e. The maximum absolute atomic E-state index is 14.0. The van der Waals surface area contributed by atoms with Crippen LogP contribution < -0.4 is 20.9 Å². The first-order chi connectivity index (χ1) is 17.0. The average Bonchev–Trinajstić information content (AvgIpc) is 3.24. The zero-order chi connectivity index (χ0) is 24.8. The number of amides is 3. The molecule has 0 radical (unpaired) electrons. The quantitative estimate of drug-likeness (QED) is 0.562. The molecule has 4 rings (SSSR count). The molecule has 1 saturated carbocycles. The van der Waals surface area contributed by atoms with Gasteiger partial charge in [0.05, 0.1) is 6.04 Å². The van der Waals surface area contributed by atoms with Crippen molar-refractivity contribution in [3.05, 3.63) is 54.2 Å². The largest absolute Gasteiger partial charge is 0.424 e. The van der Waals surface area contributed by atoms with E-state index in [0.29, 0.717) is 17.9 Å². The molecule has 35 heavy (non-hydrogen) atoms. The summed E-state index contributed by atoms with van der Waals surface area (Å²) in [7, 11) is 1.71. The van der Waals surface area contributed by atoms with E-state index in [2.05, 4.69) is 20.9 Å². The van der Waals surface area contributed by atoms with E-state index in [1.54, 1.807) is 38.4 Å². The van der Waals surface area contributed by atoms with Gasteiger partial charge in [0.1, 0.15) is 11.9 Å². The summed E-state index contributed by atoms with van der Waals surface area (Å²) in [5, 5.41) is 8.62. The first-order valence-corrected chi connectivity index (χ1v) is 12.2. The number of aromatic nitrogens is 1. The Morgan fingerprint density at radius 1 is 1.06 bits per heavy atom. The van der Waals surface area contributed by atoms with E-state index >= 15 is 0 Å². The van der Waals surface area contributed by atoms with Crippen molar-refractivity contribution in [2.75, 3.05) is 17.3 Å². The number of carbonyl (C=O) groups excluding carboxylic acids is 3. The molecule has 1 aromatic heterocycles. The second kappa shape index (κ2) is 11.3. The molecule has 0 bridgehead atoms. The van der Waals surface area contributed by atoms with Crippen LogP contribution in [0.4, 0.5) is 16.3 Å². The lowest BCUT2D eigenvalue weighted by Gasteiger charge is -2.35. The first-order valence-electron chi connectivity index (χ1n) is 12.2. The highest BCUT2D eigenvalue weighted by Gasteiger charge is 2.43. The van der Waals surface area contributed by atoms with Gasteiger partial charge in [0, 0.05) is 23.9 Å². The van der Waals surface area contributed by atoms with Gasteiger partial charge in [-0.1, -0.05) is 43.5 Å². The Morgan fingerprint density at radius 2 is 1.80 bits per heavy atom. The summed E-state index contributed by atoms with van der Waals surface area (Å²) in [4.78, 5) is 45.4. The van der Waals surface area contributed by atoms with Crippen LogP contribution in [0.1, 0.15) is 44.6 Å². The number of likely N-dealkylation sites (N-methyl/N-ethyl adjacent to an activating group) is 1. The van der Waals surface area contributed by atoms with Gasteiger partial charge in [-0.3, -0.25) is 19.8 Å². The number of pyridine rings is 1. The number of ether oxygens (including phenoxy) is 1. The highest BCUT2D eigenvalue weighted by Crippen LogP contribution is 2.34. The number of anilines is 2. The van der Waals surface area contributed by atoms with Gasteiger partial charge in [-0.15, -0.1) is 0 Å². The molecule has 186 valence electrons. The van der Waals surface area contributed by atoms with Gasteiger partial charge in [-0.25, -0.2) is 9.78 Å². The van der Waals surface area contributed by atoms with Crippen molar-refractivity contribution in [2.24, 2.45) is 5.92 Å². The molecular weight excluding hydrogens is 446 g/mol. The third-order valence-electron chi connectivity index (χ3n) is 6.79. The van der Waals surface area contributed by atoms with Crippen LogP contribution in [0.25, 0.3) is 0 Å². The van der Waals surface area contributed by atoms with Crippen LogP contribution in [0.2, 0.25) is 0 Å². The summed E-state index contributed by atoms with van der Waals surface area (Å²) in [5.74, 6) is -0.0674. The van der Waals surface area contributed by atoms with Gasteiger partial charge in [-0.2, -0.15) is 0 Å². The first kappa shape index (κ1) is 24.7. The molecule has 1 fully saturated rings. The number of carbonyl (C=O) groups is 3. The molecule has 1 aliphatic heterocycles. The van der Waals surface area contributed by atoms with Crippen LogP contribution in [-0.2, 0) is 20.7 Å². The minimum atomic E-state index is -0.860. The molecule has 0 unspecified atom stereocenters. The highest BCUT2D eigenvalue weighted by molar-refractivity contribution is 6.01. The number of fused-ring (bicyclic) bond motifs is 1. The van der Waals surface area contributed by atoms with Gasteiger partial charge in [0.2, 0.25) is 5.91 Å². The molecule has 3 amide bonds. The van der Waals surface area contributed by atoms with Gasteiger partial charge in [0.25, 0.3) is 5.91 Å². The van der Waals surface area contributed by atoms with E-state index in [1.807, 2.05) is 24.3 Å². The SMILES string of the molecule is CN[C@@H](C)C(=O)N[C@H](C(=O)N1c2ncccc2C[C@H]1OC(=O)Nc1ccccc1)C1CCCCC1. The maximum atomic E-state index is 14.0. The average molecular weight is 480 g/mol. The van der Waals surface area contributed by atoms with Crippen molar-refractivity contribution in [1.29, 1.82) is 0 Å². The van der Waals surface area contributed by atoms with Crippen molar-refractivity contribution in [2.45, 2.75) is 63.8 Å². The van der Waals surface area contributed by atoms with Crippen LogP contribution in [0, 0.1) is 5.92 Å². The summed E-state index contributed by atoms with van der Waals surface area (Å²) in [6.45, 7) is 1.75. The van der Waals surface area contributed by atoms with Crippen molar-refractivity contribution >= 4 is 29.4 Å². The highest BCUT2D eigenvalue weighted by atomic mass is 16.6. The molecule has 2 aliphatic rings. The summed E-state index contributed by atoms with van der Waals surface area (Å²) in [5.41, 5.74) is 1.41. The normalized spacial score (nSPS) is 19.4. The van der Waals surface area contributed by atoms with Gasteiger partial charge in [0.15, 0.2) is 6.23 Å². The number of rotatable bonds is 7. The summed E-state index contributed by atoms with van der Waals surface area (Å²) in [6, 6.07) is 11.5. The summed E-state index contributed by atoms with van der Waals surface area (Å²) < 4.78 is 5.73. The van der Waals surface area contributed by atoms with E-state index in [0.717, 1.165) is 37.7 Å². The third-order valence-corrected chi connectivity index (χ3v) is 6.79. The number of benzene rings is 1.